The van der Waals surface area contributed by atoms with E-state index in [0.29, 0.717) is 28.2 Å². The minimum Gasteiger partial charge on any atom is -0.493 e. The molecule has 0 atom stereocenters. The fourth-order valence-corrected chi connectivity index (χ4v) is 4.22. The highest BCUT2D eigenvalue weighted by molar-refractivity contribution is 9.10. The van der Waals surface area contributed by atoms with Gasteiger partial charge in [-0.05, 0) is 83.4 Å². The SMILES string of the molecule is CCOc1c(Br)cc(/C=C2\SC(=Nc3c(C)cccc3C)NC2=O)cc1OC. The van der Waals surface area contributed by atoms with E-state index in [1.807, 2.05) is 57.2 Å². The van der Waals surface area contributed by atoms with E-state index in [0.717, 1.165) is 26.9 Å². The quantitative estimate of drug-likeness (QED) is 0.609. The summed E-state index contributed by atoms with van der Waals surface area (Å²) in [5, 5.41) is 3.41. The fraction of sp³-hybridized carbons (Fsp3) is 0.238. The van der Waals surface area contributed by atoms with E-state index >= 15 is 0 Å². The largest absolute Gasteiger partial charge is 0.493 e. The van der Waals surface area contributed by atoms with E-state index in [1.54, 1.807) is 7.11 Å². The summed E-state index contributed by atoms with van der Waals surface area (Å²) < 4.78 is 11.8. The van der Waals surface area contributed by atoms with Gasteiger partial charge in [0, 0.05) is 0 Å². The summed E-state index contributed by atoms with van der Waals surface area (Å²) in [6.45, 7) is 6.47. The van der Waals surface area contributed by atoms with Crippen molar-refractivity contribution in [2.75, 3.05) is 13.7 Å². The zero-order chi connectivity index (χ0) is 20.3. The first kappa shape index (κ1) is 20.5. The van der Waals surface area contributed by atoms with Crippen molar-refractivity contribution in [1.29, 1.82) is 0 Å². The number of amidine groups is 1. The third kappa shape index (κ3) is 4.42. The predicted molar refractivity (Wildman–Crippen MR) is 119 cm³/mol. The highest BCUT2D eigenvalue weighted by Gasteiger charge is 2.24. The molecule has 0 unspecified atom stereocenters. The third-order valence-electron chi connectivity index (χ3n) is 4.14. The standard InChI is InChI=1S/C21H21BrN2O3S/c1-5-27-19-15(22)9-14(10-16(19)26-4)11-17-20(25)24-21(28-17)23-18-12(2)7-6-8-13(18)3/h6-11H,5H2,1-4H3,(H,23,24,25)/b17-11-. The molecule has 146 valence electrons. The van der Waals surface area contributed by atoms with Gasteiger partial charge in [-0.1, -0.05) is 18.2 Å². The molecule has 1 saturated heterocycles. The maximum Gasteiger partial charge on any atom is 0.264 e. The van der Waals surface area contributed by atoms with Gasteiger partial charge in [0.1, 0.15) is 0 Å². The van der Waals surface area contributed by atoms with Crippen LogP contribution >= 0.6 is 27.7 Å². The lowest BCUT2D eigenvalue weighted by Crippen LogP contribution is -2.19. The lowest BCUT2D eigenvalue weighted by molar-refractivity contribution is -0.115. The van der Waals surface area contributed by atoms with Crippen LogP contribution in [0.25, 0.3) is 6.08 Å². The van der Waals surface area contributed by atoms with E-state index in [-0.39, 0.29) is 5.91 Å². The molecule has 0 aromatic heterocycles. The highest BCUT2D eigenvalue weighted by Crippen LogP contribution is 2.38. The molecule has 2 aromatic carbocycles. The fourth-order valence-electron chi connectivity index (χ4n) is 2.82. The number of amides is 1. The molecule has 0 radical (unpaired) electrons. The van der Waals surface area contributed by atoms with Gasteiger partial charge < -0.3 is 14.8 Å². The molecule has 3 rings (SSSR count). The normalized spacial score (nSPS) is 16.5. The maximum atomic E-state index is 12.4. The summed E-state index contributed by atoms with van der Waals surface area (Å²) in [6.07, 6.45) is 1.82. The van der Waals surface area contributed by atoms with E-state index in [2.05, 4.69) is 26.2 Å². The van der Waals surface area contributed by atoms with Crippen molar-refractivity contribution in [2.24, 2.45) is 4.99 Å². The van der Waals surface area contributed by atoms with Crippen LogP contribution in [-0.4, -0.2) is 24.8 Å². The lowest BCUT2D eigenvalue weighted by Gasteiger charge is -2.12. The number of benzene rings is 2. The Morgan fingerprint density at radius 3 is 2.61 bits per heavy atom. The second-order valence-electron chi connectivity index (χ2n) is 6.19. The Labute approximate surface area is 177 Å². The Balaban J connectivity index is 1.91. The van der Waals surface area contributed by atoms with E-state index < -0.39 is 0 Å². The zero-order valence-electron chi connectivity index (χ0n) is 16.1. The van der Waals surface area contributed by atoms with Gasteiger partial charge >= 0.3 is 0 Å². The molecule has 0 saturated carbocycles. The molecule has 0 bridgehead atoms. The summed E-state index contributed by atoms with van der Waals surface area (Å²) in [4.78, 5) is 17.6. The van der Waals surface area contributed by atoms with E-state index in [1.165, 1.54) is 11.8 Å². The van der Waals surface area contributed by atoms with Gasteiger partial charge in [0.05, 0.1) is 28.8 Å². The summed E-state index contributed by atoms with van der Waals surface area (Å²) in [5.41, 5.74) is 3.86. The molecule has 1 heterocycles. The molecule has 1 aliphatic rings. The van der Waals surface area contributed by atoms with Gasteiger partial charge in [-0.15, -0.1) is 0 Å². The summed E-state index contributed by atoms with van der Waals surface area (Å²) in [7, 11) is 1.59. The molecule has 7 heteroatoms. The molecule has 0 aliphatic carbocycles. The zero-order valence-corrected chi connectivity index (χ0v) is 18.5. The number of aryl methyl sites for hydroxylation is 2. The van der Waals surface area contributed by atoms with E-state index in [9.17, 15) is 4.79 Å². The molecule has 1 amide bonds. The average Bonchev–Trinajstić information content (AvgIpc) is 2.99. The number of nitrogens with zero attached hydrogens (tertiary/aromatic N) is 1. The van der Waals surface area contributed by atoms with Crippen LogP contribution in [0.15, 0.2) is 44.7 Å². The summed E-state index contributed by atoms with van der Waals surface area (Å²) in [6, 6.07) is 9.76. The first-order valence-electron chi connectivity index (χ1n) is 8.79. The van der Waals surface area contributed by atoms with Crippen molar-refractivity contribution in [1.82, 2.24) is 5.32 Å². The number of carbonyl (C=O) groups is 1. The number of carbonyl (C=O) groups excluding carboxylic acids is 1. The number of para-hydroxylation sites is 1. The van der Waals surface area contributed by atoms with Crippen molar-refractivity contribution in [2.45, 2.75) is 20.8 Å². The number of nitrogens with one attached hydrogen (secondary N) is 1. The number of rotatable bonds is 5. The number of methoxy groups -OCH3 is 1. The summed E-state index contributed by atoms with van der Waals surface area (Å²) >= 11 is 4.83. The number of aliphatic imine (C=N–C) groups is 1. The number of thioether (sulfide) groups is 1. The van der Waals surface area contributed by atoms with Gasteiger partial charge in [-0.3, -0.25) is 4.79 Å². The van der Waals surface area contributed by atoms with Gasteiger partial charge in [-0.2, -0.15) is 0 Å². The first-order valence-corrected chi connectivity index (χ1v) is 10.4. The van der Waals surface area contributed by atoms with Crippen molar-refractivity contribution in [3.63, 3.8) is 0 Å². The van der Waals surface area contributed by atoms with Crippen molar-refractivity contribution >= 4 is 50.5 Å². The van der Waals surface area contributed by atoms with Crippen LogP contribution in [0.4, 0.5) is 5.69 Å². The van der Waals surface area contributed by atoms with Crippen LogP contribution in [0, 0.1) is 13.8 Å². The molecule has 0 spiro atoms. The third-order valence-corrected chi connectivity index (χ3v) is 5.64. The van der Waals surface area contributed by atoms with Crippen LogP contribution in [0.1, 0.15) is 23.6 Å². The summed E-state index contributed by atoms with van der Waals surface area (Å²) in [5.74, 6) is 1.09. The minimum absolute atomic E-state index is 0.168. The van der Waals surface area contributed by atoms with Crippen molar-refractivity contribution in [3.8, 4) is 11.5 Å². The van der Waals surface area contributed by atoms with Crippen molar-refractivity contribution < 1.29 is 14.3 Å². The second-order valence-corrected chi connectivity index (χ2v) is 8.07. The predicted octanol–water partition coefficient (Wildman–Crippen LogP) is 5.36. The van der Waals surface area contributed by atoms with Gasteiger partial charge in [0.2, 0.25) is 0 Å². The van der Waals surface area contributed by atoms with Crippen molar-refractivity contribution in [3.05, 3.63) is 56.4 Å². The smallest absolute Gasteiger partial charge is 0.264 e. The van der Waals surface area contributed by atoms with Gasteiger partial charge in [0.15, 0.2) is 16.7 Å². The van der Waals surface area contributed by atoms with Crippen LogP contribution in [0.2, 0.25) is 0 Å². The lowest BCUT2D eigenvalue weighted by atomic mass is 10.1. The molecular weight excluding hydrogens is 440 g/mol. The molecule has 1 fully saturated rings. The topological polar surface area (TPSA) is 59.9 Å². The van der Waals surface area contributed by atoms with Crippen LogP contribution in [-0.2, 0) is 4.79 Å². The molecule has 1 N–H and O–H groups in total. The number of ether oxygens (including phenoxy) is 2. The number of hydrogen-bond acceptors (Lipinski definition) is 5. The maximum absolute atomic E-state index is 12.4. The molecular formula is C21H21BrN2O3S. The second kappa shape index (κ2) is 8.84. The first-order chi connectivity index (χ1) is 13.4. The minimum atomic E-state index is -0.168. The van der Waals surface area contributed by atoms with Gasteiger partial charge in [-0.25, -0.2) is 4.99 Å². The Morgan fingerprint density at radius 2 is 1.96 bits per heavy atom. The average molecular weight is 461 g/mol. The number of halogens is 1. The Kier molecular flexibility index (Phi) is 6.46. The monoisotopic (exact) mass is 460 g/mol. The highest BCUT2D eigenvalue weighted by atomic mass is 79.9. The van der Waals surface area contributed by atoms with Crippen LogP contribution < -0.4 is 14.8 Å². The molecule has 2 aromatic rings. The van der Waals surface area contributed by atoms with Gasteiger partial charge in [0.25, 0.3) is 5.91 Å². The Morgan fingerprint density at radius 1 is 1.25 bits per heavy atom. The molecule has 1 aliphatic heterocycles. The van der Waals surface area contributed by atoms with Crippen LogP contribution in [0.3, 0.4) is 0 Å². The molecule has 28 heavy (non-hydrogen) atoms. The Bertz CT molecular complexity index is 966. The Hall–Kier alpha value is -2.25. The molecule has 5 nitrogen and oxygen atoms in total. The van der Waals surface area contributed by atoms with Crippen LogP contribution in [0.5, 0.6) is 11.5 Å². The van der Waals surface area contributed by atoms with E-state index in [4.69, 9.17) is 9.47 Å². The number of hydrogen-bond donors (Lipinski definition) is 1.